The molecule has 0 atom stereocenters. The first-order valence-corrected chi connectivity index (χ1v) is 9.33. The highest BCUT2D eigenvalue weighted by Gasteiger charge is 2.42. The Morgan fingerprint density at radius 3 is 2.29 bits per heavy atom. The van der Waals surface area contributed by atoms with Gasteiger partial charge in [0.25, 0.3) is 5.91 Å². The summed E-state index contributed by atoms with van der Waals surface area (Å²) in [6.07, 6.45) is 4.67. The Kier molecular flexibility index (Phi) is 3.83. The quantitative estimate of drug-likeness (QED) is 0.828. The van der Waals surface area contributed by atoms with Crippen LogP contribution in [-0.4, -0.2) is 20.4 Å². The van der Waals surface area contributed by atoms with Crippen molar-refractivity contribution in [2.75, 3.05) is 0 Å². The van der Waals surface area contributed by atoms with Crippen LogP contribution in [0.2, 0.25) is 0 Å². The average Bonchev–Trinajstić information content (AvgIpc) is 3.27. The molecule has 0 bridgehead atoms. The number of hydrogen-bond donors (Lipinski definition) is 2. The summed E-state index contributed by atoms with van der Waals surface area (Å²) in [5.41, 5.74) is 0.313. The van der Waals surface area contributed by atoms with Gasteiger partial charge in [-0.15, -0.1) is 0 Å². The third-order valence-electron chi connectivity index (χ3n) is 4.07. The first kappa shape index (κ1) is 15.0. The number of halogens is 1. The van der Waals surface area contributed by atoms with Crippen molar-refractivity contribution in [2.24, 2.45) is 17.0 Å². The molecule has 114 valence electrons. The Bertz CT molecular complexity index is 669. The van der Waals surface area contributed by atoms with Gasteiger partial charge in [0, 0.05) is 10.5 Å². The van der Waals surface area contributed by atoms with Gasteiger partial charge in [-0.25, -0.2) is 13.6 Å². The summed E-state index contributed by atoms with van der Waals surface area (Å²) >= 11 is 3.30. The molecule has 2 aliphatic rings. The molecule has 0 radical (unpaired) electrons. The van der Waals surface area contributed by atoms with E-state index in [0.717, 1.165) is 0 Å². The molecule has 21 heavy (non-hydrogen) atoms. The highest BCUT2D eigenvalue weighted by Crippen LogP contribution is 2.44. The largest absolute Gasteiger partial charge is 0.349 e. The van der Waals surface area contributed by atoms with Crippen molar-refractivity contribution in [1.82, 2.24) is 5.32 Å². The summed E-state index contributed by atoms with van der Waals surface area (Å²) in [6, 6.07) is 4.47. The van der Waals surface area contributed by atoms with Crippen molar-refractivity contribution >= 4 is 31.9 Å². The third kappa shape index (κ3) is 3.46. The number of sulfonamides is 1. The van der Waals surface area contributed by atoms with Gasteiger partial charge in [0.05, 0.1) is 10.5 Å². The first-order chi connectivity index (χ1) is 9.86. The molecule has 0 unspecified atom stereocenters. The van der Waals surface area contributed by atoms with E-state index in [4.69, 9.17) is 5.14 Å². The van der Waals surface area contributed by atoms with Gasteiger partial charge in [0.2, 0.25) is 10.0 Å². The molecule has 0 aliphatic heterocycles. The molecular formula is C14H17BrN2O3S. The van der Waals surface area contributed by atoms with Crippen molar-refractivity contribution in [1.29, 1.82) is 0 Å². The zero-order chi connectivity index (χ0) is 15.2. The Balaban J connectivity index is 1.83. The molecular weight excluding hydrogens is 356 g/mol. The summed E-state index contributed by atoms with van der Waals surface area (Å²) in [5.74, 6) is 0.930. The number of hydrogen-bond acceptors (Lipinski definition) is 3. The molecule has 5 nitrogen and oxygen atoms in total. The standard InChI is InChI=1S/C14H17BrN2O3S/c15-12-6-5-10(21(16,19)20)7-11(12)14(18)17-13(8-1-2-8)9-3-4-9/h5-9,13H,1-4H2,(H,17,18)(H2,16,19,20). The number of primary sulfonamides is 1. The summed E-state index contributed by atoms with van der Waals surface area (Å²) in [4.78, 5) is 12.4. The van der Waals surface area contributed by atoms with Crippen molar-refractivity contribution < 1.29 is 13.2 Å². The first-order valence-electron chi connectivity index (χ1n) is 6.99. The summed E-state index contributed by atoms with van der Waals surface area (Å²) < 4.78 is 23.4. The predicted molar refractivity (Wildman–Crippen MR) is 82.2 cm³/mol. The number of carbonyl (C=O) groups is 1. The molecule has 3 N–H and O–H groups in total. The maximum absolute atomic E-state index is 12.4. The second-order valence-electron chi connectivity index (χ2n) is 5.86. The van der Waals surface area contributed by atoms with Gasteiger partial charge in [0.1, 0.15) is 0 Å². The van der Waals surface area contributed by atoms with Crippen molar-refractivity contribution in [3.05, 3.63) is 28.2 Å². The number of carbonyl (C=O) groups excluding carboxylic acids is 1. The second kappa shape index (κ2) is 5.37. The van der Waals surface area contributed by atoms with Crippen molar-refractivity contribution in [3.8, 4) is 0 Å². The minimum Gasteiger partial charge on any atom is -0.349 e. The maximum atomic E-state index is 12.4. The Hall–Kier alpha value is -0.920. The summed E-state index contributed by atoms with van der Waals surface area (Å²) in [5, 5.41) is 8.19. The number of rotatable bonds is 5. The molecule has 7 heteroatoms. The van der Waals surface area contributed by atoms with Crippen LogP contribution in [0.15, 0.2) is 27.6 Å². The molecule has 0 saturated heterocycles. The number of amides is 1. The Morgan fingerprint density at radius 1 is 1.24 bits per heavy atom. The van der Waals surface area contributed by atoms with E-state index in [1.54, 1.807) is 0 Å². The topological polar surface area (TPSA) is 89.3 Å². The molecule has 2 saturated carbocycles. The zero-order valence-electron chi connectivity index (χ0n) is 11.4. The lowest BCUT2D eigenvalue weighted by molar-refractivity contribution is 0.0925. The highest BCUT2D eigenvalue weighted by molar-refractivity contribution is 9.10. The molecule has 2 aliphatic carbocycles. The van der Waals surface area contributed by atoms with E-state index in [0.29, 0.717) is 21.9 Å². The number of nitrogens with one attached hydrogen (secondary N) is 1. The Labute approximate surface area is 132 Å². The van der Waals surface area contributed by atoms with E-state index in [2.05, 4.69) is 21.2 Å². The van der Waals surface area contributed by atoms with E-state index in [1.807, 2.05) is 0 Å². The molecule has 1 amide bonds. The monoisotopic (exact) mass is 372 g/mol. The third-order valence-corrected chi connectivity index (χ3v) is 5.67. The molecule has 3 rings (SSSR count). The fourth-order valence-electron chi connectivity index (χ4n) is 2.62. The second-order valence-corrected chi connectivity index (χ2v) is 8.28. The molecule has 0 spiro atoms. The Morgan fingerprint density at radius 2 is 1.81 bits per heavy atom. The van der Waals surface area contributed by atoms with Crippen LogP contribution >= 0.6 is 15.9 Å². The van der Waals surface area contributed by atoms with E-state index in [-0.39, 0.29) is 16.8 Å². The molecule has 1 aromatic rings. The lowest BCUT2D eigenvalue weighted by Crippen LogP contribution is -2.38. The van der Waals surface area contributed by atoms with Gasteiger partial charge >= 0.3 is 0 Å². The van der Waals surface area contributed by atoms with Gasteiger partial charge in [0.15, 0.2) is 0 Å². The van der Waals surface area contributed by atoms with Crippen LogP contribution in [0.5, 0.6) is 0 Å². The predicted octanol–water partition coefficient (Wildman–Crippen LogP) is 2.01. The van der Waals surface area contributed by atoms with E-state index in [1.165, 1.54) is 43.9 Å². The maximum Gasteiger partial charge on any atom is 0.252 e. The number of benzene rings is 1. The normalized spacial score (nSPS) is 18.8. The van der Waals surface area contributed by atoms with Gasteiger partial charge < -0.3 is 5.32 Å². The van der Waals surface area contributed by atoms with Crippen LogP contribution in [-0.2, 0) is 10.0 Å². The van der Waals surface area contributed by atoms with Gasteiger partial charge in [-0.3, -0.25) is 4.79 Å². The van der Waals surface area contributed by atoms with Crippen LogP contribution in [0.1, 0.15) is 36.0 Å². The lowest BCUT2D eigenvalue weighted by atomic mass is 10.1. The van der Waals surface area contributed by atoms with Gasteiger partial charge in [-0.1, -0.05) is 0 Å². The summed E-state index contributed by atoms with van der Waals surface area (Å²) in [6.45, 7) is 0. The number of nitrogens with two attached hydrogens (primary N) is 1. The smallest absolute Gasteiger partial charge is 0.252 e. The van der Waals surface area contributed by atoms with E-state index in [9.17, 15) is 13.2 Å². The van der Waals surface area contributed by atoms with Crippen LogP contribution in [0.3, 0.4) is 0 Å². The van der Waals surface area contributed by atoms with Crippen molar-refractivity contribution in [2.45, 2.75) is 36.6 Å². The minimum absolute atomic E-state index is 0.0507. The van der Waals surface area contributed by atoms with Crippen LogP contribution in [0.25, 0.3) is 0 Å². The van der Waals surface area contributed by atoms with Crippen LogP contribution in [0.4, 0.5) is 0 Å². The van der Waals surface area contributed by atoms with Gasteiger partial charge in [-0.2, -0.15) is 0 Å². The SMILES string of the molecule is NS(=O)(=O)c1ccc(Br)c(C(=O)NC(C2CC2)C2CC2)c1. The molecule has 1 aromatic carbocycles. The fraction of sp³-hybridized carbons (Fsp3) is 0.500. The average molecular weight is 373 g/mol. The van der Waals surface area contributed by atoms with E-state index < -0.39 is 10.0 Å². The molecule has 2 fully saturated rings. The lowest BCUT2D eigenvalue weighted by Gasteiger charge is -2.18. The van der Waals surface area contributed by atoms with Crippen molar-refractivity contribution in [3.63, 3.8) is 0 Å². The molecule has 0 heterocycles. The molecule has 0 aromatic heterocycles. The van der Waals surface area contributed by atoms with Crippen LogP contribution in [0, 0.1) is 11.8 Å². The van der Waals surface area contributed by atoms with Gasteiger partial charge in [-0.05, 0) is 71.6 Å². The fourth-order valence-corrected chi connectivity index (χ4v) is 3.58. The zero-order valence-corrected chi connectivity index (χ0v) is 13.8. The van der Waals surface area contributed by atoms with Crippen LogP contribution < -0.4 is 10.5 Å². The summed E-state index contributed by atoms with van der Waals surface area (Å²) in [7, 11) is -3.81. The minimum atomic E-state index is -3.81. The highest BCUT2D eigenvalue weighted by atomic mass is 79.9. The van der Waals surface area contributed by atoms with E-state index >= 15 is 0 Å².